The molecule has 0 amide bonds. The molecule has 7 rings (SSSR count). The number of hydrogen-bond donors (Lipinski definition) is 0. The molecule has 206 valence electrons. The summed E-state index contributed by atoms with van der Waals surface area (Å²) in [6, 6.07) is 28.2. The molecule has 3 heteroatoms. The van der Waals surface area contributed by atoms with Crippen LogP contribution in [0.5, 0.6) is 0 Å². The fourth-order valence-corrected chi connectivity index (χ4v) is 21.5. The Morgan fingerprint density at radius 3 is 1.34 bits per heavy atom. The van der Waals surface area contributed by atoms with Crippen molar-refractivity contribution in [3.8, 4) is 22.3 Å². The number of fused-ring (bicyclic) bond motifs is 2. The molecule has 1 fully saturated rings. The van der Waals surface area contributed by atoms with E-state index in [1.54, 1.807) is 11.1 Å². The molecule has 0 spiro atoms. The molecule has 0 aliphatic heterocycles. The number of benzene rings is 4. The van der Waals surface area contributed by atoms with E-state index in [1.165, 1.54) is 74.9 Å². The van der Waals surface area contributed by atoms with Gasteiger partial charge in [-0.1, -0.05) is 0 Å². The van der Waals surface area contributed by atoms with Gasteiger partial charge in [-0.15, -0.1) is 0 Å². The number of rotatable bonds is 4. The van der Waals surface area contributed by atoms with Gasteiger partial charge in [-0.05, 0) is 0 Å². The smallest absolute Gasteiger partial charge is 1.00 e. The summed E-state index contributed by atoms with van der Waals surface area (Å²) in [4.78, 5) is 0. The molecule has 0 nitrogen and oxygen atoms in total. The van der Waals surface area contributed by atoms with Gasteiger partial charge in [-0.3, -0.25) is 0 Å². The Labute approximate surface area is 265 Å². The van der Waals surface area contributed by atoms with E-state index in [0.29, 0.717) is 7.35 Å². The van der Waals surface area contributed by atoms with Gasteiger partial charge in [0.05, 0.1) is 0 Å². The second-order valence-corrected chi connectivity index (χ2v) is 22.2. The summed E-state index contributed by atoms with van der Waals surface area (Å²) in [6.45, 7) is 8.87. The maximum absolute atomic E-state index is 2.61. The Morgan fingerprint density at radius 2 is 0.976 bits per heavy atom. The summed E-state index contributed by atoms with van der Waals surface area (Å²) < 4.78 is 3.24. The van der Waals surface area contributed by atoms with Gasteiger partial charge in [0.1, 0.15) is 0 Å². The Kier molecular flexibility index (Phi) is 8.91. The summed E-state index contributed by atoms with van der Waals surface area (Å²) in [7, 11) is 0. The van der Waals surface area contributed by atoms with E-state index in [0.717, 1.165) is 0 Å². The SMILES string of the molecule is Cc1cc(C)cc(-c2cccc3c2C=C[CH]3[Hf+2](=[C]2CCC2)[CH]2C=Cc3c(-c4cc(C)cc(C)c4)cccc32)c1.[Cl-].[Cl-]. The fourth-order valence-electron chi connectivity index (χ4n) is 7.25. The summed E-state index contributed by atoms with van der Waals surface area (Å²) in [6.07, 6.45) is 14.3. The van der Waals surface area contributed by atoms with Gasteiger partial charge in [0.2, 0.25) is 0 Å². The number of allylic oxidation sites excluding steroid dienone is 2. The molecule has 3 aliphatic carbocycles. The third-order valence-electron chi connectivity index (χ3n) is 8.96. The van der Waals surface area contributed by atoms with Crippen LogP contribution < -0.4 is 24.8 Å². The van der Waals surface area contributed by atoms with Crippen LogP contribution in [0.4, 0.5) is 0 Å². The quantitative estimate of drug-likeness (QED) is 0.277. The van der Waals surface area contributed by atoms with Crippen molar-refractivity contribution in [2.24, 2.45) is 0 Å². The van der Waals surface area contributed by atoms with E-state index >= 15 is 0 Å². The minimum atomic E-state index is -2.34. The van der Waals surface area contributed by atoms with Gasteiger partial charge in [0.15, 0.2) is 0 Å². The molecule has 3 aliphatic rings. The van der Waals surface area contributed by atoms with Gasteiger partial charge in [-0.25, -0.2) is 0 Å². The van der Waals surface area contributed by atoms with Crippen molar-refractivity contribution >= 4 is 15.4 Å². The van der Waals surface area contributed by atoms with E-state index in [9.17, 15) is 0 Å². The molecule has 0 N–H and O–H groups in total. The third-order valence-corrected chi connectivity index (χ3v) is 22.1. The summed E-state index contributed by atoms with van der Waals surface area (Å²) in [5.74, 6) is 0. The first kappa shape index (κ1) is 30.1. The van der Waals surface area contributed by atoms with Gasteiger partial charge in [-0.2, -0.15) is 0 Å². The molecular weight excluding hydrogens is 706 g/mol. The topological polar surface area (TPSA) is 0 Å². The minimum absolute atomic E-state index is 0. The molecule has 0 aromatic heterocycles. The van der Waals surface area contributed by atoms with Crippen molar-refractivity contribution in [3.05, 3.63) is 129 Å². The molecule has 4 aromatic carbocycles. The van der Waals surface area contributed by atoms with E-state index in [1.807, 2.05) is 3.26 Å². The van der Waals surface area contributed by atoms with E-state index < -0.39 is 21.0 Å². The first-order chi connectivity index (χ1) is 19.0. The van der Waals surface area contributed by atoms with Crippen LogP contribution in [-0.4, -0.2) is 3.26 Å². The fraction of sp³-hybridized carbons (Fsp3) is 0.237. The van der Waals surface area contributed by atoms with Gasteiger partial charge >= 0.3 is 242 Å². The van der Waals surface area contributed by atoms with Crippen molar-refractivity contribution in [1.29, 1.82) is 0 Å². The molecule has 1 saturated carbocycles. The van der Waals surface area contributed by atoms with E-state index in [2.05, 4.69) is 125 Å². The number of aryl methyl sites for hydroxylation is 4. The normalized spacial score (nSPS) is 17.6. The second kappa shape index (κ2) is 12.1. The molecule has 0 saturated heterocycles. The van der Waals surface area contributed by atoms with E-state index in [4.69, 9.17) is 0 Å². The summed E-state index contributed by atoms with van der Waals surface area (Å²) >= 11 is -2.34. The summed E-state index contributed by atoms with van der Waals surface area (Å²) in [5, 5.41) is 0. The van der Waals surface area contributed by atoms with Crippen LogP contribution >= 0.6 is 0 Å². The molecule has 41 heavy (non-hydrogen) atoms. The average molecular weight is 742 g/mol. The first-order valence-corrected chi connectivity index (χ1v) is 20.4. The van der Waals surface area contributed by atoms with Crippen molar-refractivity contribution in [2.45, 2.75) is 54.3 Å². The Hall–Kier alpha value is -2.32. The Bertz CT molecular complexity index is 1570. The average Bonchev–Trinajstić information content (AvgIpc) is 3.49. The second-order valence-electron chi connectivity index (χ2n) is 12.0. The van der Waals surface area contributed by atoms with Crippen LogP contribution in [0.2, 0.25) is 0 Å². The standard InChI is InChI=1S/2C17H15.C4H6.2ClH.Hf/c2*1-12-9-13(2)11-15(10-12)17-8-4-6-14-5-3-7-16(14)17;1-2-4-3-1;;;/h2*3-11H,1-2H3;1-3H2;2*1H;/q;;;;;+2/p-2. The zero-order valence-corrected chi connectivity index (χ0v) is 29.4. The predicted octanol–water partition coefficient (Wildman–Crippen LogP) is 4.07. The minimum Gasteiger partial charge on any atom is -1.00 e. The molecule has 2 atom stereocenters. The van der Waals surface area contributed by atoms with E-state index in [-0.39, 0.29) is 24.8 Å². The van der Waals surface area contributed by atoms with Crippen molar-refractivity contribution < 1.29 is 45.8 Å². The van der Waals surface area contributed by atoms with Crippen LogP contribution in [0.25, 0.3) is 34.4 Å². The largest absolute Gasteiger partial charge is 1.00 e. The zero-order valence-electron chi connectivity index (χ0n) is 24.3. The van der Waals surface area contributed by atoms with Crippen LogP contribution in [0.1, 0.15) is 71.1 Å². The molecular formula is C38H36Cl2Hf. The van der Waals surface area contributed by atoms with Crippen molar-refractivity contribution in [2.75, 3.05) is 0 Å². The van der Waals surface area contributed by atoms with Gasteiger partial charge in [0.25, 0.3) is 0 Å². The zero-order chi connectivity index (χ0) is 26.7. The van der Waals surface area contributed by atoms with Crippen LogP contribution in [0.15, 0.2) is 84.9 Å². The van der Waals surface area contributed by atoms with Crippen molar-refractivity contribution in [3.63, 3.8) is 0 Å². The maximum atomic E-state index is 2.61. The predicted molar refractivity (Wildman–Crippen MR) is 165 cm³/mol. The molecule has 0 bridgehead atoms. The summed E-state index contributed by atoms with van der Waals surface area (Å²) in [5.41, 5.74) is 17.1. The van der Waals surface area contributed by atoms with Crippen LogP contribution in [-0.2, 0) is 21.0 Å². The molecule has 0 heterocycles. The van der Waals surface area contributed by atoms with Gasteiger partial charge in [0, 0.05) is 0 Å². The number of hydrogen-bond acceptors (Lipinski definition) is 0. The van der Waals surface area contributed by atoms with Crippen LogP contribution in [0, 0.1) is 27.7 Å². The van der Waals surface area contributed by atoms with Gasteiger partial charge < -0.3 is 24.8 Å². The van der Waals surface area contributed by atoms with Crippen molar-refractivity contribution in [1.82, 2.24) is 0 Å². The third kappa shape index (κ3) is 5.47. The first-order valence-electron chi connectivity index (χ1n) is 14.5. The Balaban J connectivity index is 0.00000169. The maximum Gasteiger partial charge on any atom is -1.00 e. The molecule has 2 unspecified atom stereocenters. The Morgan fingerprint density at radius 1 is 0.561 bits per heavy atom. The number of halogens is 2. The monoisotopic (exact) mass is 742 g/mol. The molecule has 0 radical (unpaired) electrons. The molecule has 4 aromatic rings. The van der Waals surface area contributed by atoms with Crippen LogP contribution in [0.3, 0.4) is 0 Å².